The molecule has 0 aliphatic rings. The summed E-state index contributed by atoms with van der Waals surface area (Å²) in [4.78, 5) is 1.80. The molecule has 0 fully saturated rings. The van der Waals surface area contributed by atoms with Crippen molar-refractivity contribution < 1.29 is 15.9 Å². The van der Waals surface area contributed by atoms with Crippen LogP contribution in [0, 0.1) is 0 Å². The molecule has 124 valence electrons. The van der Waals surface area contributed by atoms with Crippen LogP contribution < -0.4 is 0 Å². The predicted octanol–water partition coefficient (Wildman–Crippen LogP) is 5.11. The first-order chi connectivity index (χ1) is 11.5. The Morgan fingerprint density at radius 3 is 1.12 bits per heavy atom. The minimum Gasteiger partial charge on any atom is -0.181 e. The molecular weight excluding hydrogens is 347 g/mol. The molecule has 3 aromatic carbocycles. The Balaban J connectivity index is 2.37. The highest BCUT2D eigenvalue weighted by Crippen LogP contribution is 2.69. The maximum absolute atomic E-state index is 13.7. The minimum absolute atomic E-state index is 0.601. The number of benzene rings is 3. The van der Waals surface area contributed by atoms with Gasteiger partial charge in [0.15, 0.2) is 0 Å². The van der Waals surface area contributed by atoms with Crippen LogP contribution in [0.15, 0.2) is 106 Å². The predicted molar refractivity (Wildman–Crippen MR) is 92.8 cm³/mol. The summed E-state index contributed by atoms with van der Waals surface area (Å²) in [6.07, 6.45) is 0. The fraction of sp³-hybridized carbons (Fsp3) is 0. The average Bonchev–Trinajstić information content (AvgIpc) is 2.61. The van der Waals surface area contributed by atoms with E-state index < -0.39 is 20.8 Å². The molecule has 0 saturated carbocycles. The van der Waals surface area contributed by atoms with Crippen molar-refractivity contribution in [3.05, 3.63) is 91.0 Å². The topological polar surface area (TPSA) is 43.4 Å². The summed E-state index contributed by atoms with van der Waals surface area (Å²) >= 11 is 0. The second-order valence-corrected chi connectivity index (χ2v) is 8.81. The van der Waals surface area contributed by atoms with Crippen molar-refractivity contribution in [1.82, 2.24) is 0 Å². The summed E-state index contributed by atoms with van der Waals surface area (Å²) in [5.74, 6) is 0. The quantitative estimate of drug-likeness (QED) is 0.592. The summed E-state index contributed by atoms with van der Waals surface area (Å²) in [7, 11) is -7.94. The lowest BCUT2D eigenvalue weighted by Gasteiger charge is -2.38. The van der Waals surface area contributed by atoms with E-state index in [0.717, 1.165) is 0 Å². The molecule has 3 aromatic rings. The van der Waals surface area contributed by atoms with Gasteiger partial charge in [0, 0.05) is 14.7 Å². The number of halogens is 1. The van der Waals surface area contributed by atoms with E-state index in [1.54, 1.807) is 72.8 Å². The molecule has 3 nitrogen and oxygen atoms in total. The second kappa shape index (κ2) is 6.76. The molecule has 0 atom stereocenters. The highest BCUT2D eigenvalue weighted by atomic mass is 32.3. The molecule has 0 unspecified atom stereocenters. The van der Waals surface area contributed by atoms with Crippen LogP contribution in [0.5, 0.6) is 0 Å². The lowest BCUT2D eigenvalue weighted by molar-refractivity contribution is 0.459. The van der Waals surface area contributed by atoms with Crippen LogP contribution >= 0.6 is 10.3 Å². The third kappa shape index (κ3) is 3.36. The maximum atomic E-state index is 13.7. The van der Waals surface area contributed by atoms with Gasteiger partial charge in [0.25, 0.3) is 0 Å². The van der Waals surface area contributed by atoms with Crippen LogP contribution in [0.4, 0.5) is 3.89 Å². The summed E-state index contributed by atoms with van der Waals surface area (Å²) in [6.45, 7) is 0. The van der Waals surface area contributed by atoms with Gasteiger partial charge in [-0.2, -0.15) is 12.0 Å². The molecule has 0 amide bonds. The summed E-state index contributed by atoms with van der Waals surface area (Å²) in [6, 6.07) is 26.6. The van der Waals surface area contributed by atoms with Crippen molar-refractivity contribution in [2.75, 3.05) is 0 Å². The monoisotopic (exact) mass is 362 g/mol. The number of rotatable bonds is 5. The van der Waals surface area contributed by atoms with Crippen LogP contribution in [0.25, 0.3) is 0 Å². The third-order valence-electron chi connectivity index (χ3n) is 3.41. The first kappa shape index (κ1) is 16.7. The number of hydrogen-bond acceptors (Lipinski definition) is 3. The largest absolute Gasteiger partial charge is 0.447 e. The average molecular weight is 362 g/mol. The highest BCUT2D eigenvalue weighted by Gasteiger charge is 2.37. The van der Waals surface area contributed by atoms with E-state index in [0.29, 0.717) is 14.7 Å². The van der Waals surface area contributed by atoms with E-state index in [9.17, 15) is 12.3 Å². The van der Waals surface area contributed by atoms with Crippen molar-refractivity contribution in [1.29, 1.82) is 0 Å². The first-order valence-electron chi connectivity index (χ1n) is 7.17. The molecule has 0 saturated heterocycles. The van der Waals surface area contributed by atoms with Gasteiger partial charge in [-0.25, -0.2) is 0 Å². The zero-order valence-corrected chi connectivity index (χ0v) is 14.2. The standard InChI is InChI=1S/C18H15FO3S2/c19-24(20,21)22-23(16-10-4-1-5-11-16,17-12-6-2-7-13-17)18-14-8-3-9-15-18/h1-15H. The Labute approximate surface area is 142 Å². The minimum atomic E-state index is -5.19. The lowest BCUT2D eigenvalue weighted by Crippen LogP contribution is -2.11. The first-order valence-corrected chi connectivity index (χ1v) is 10.0. The fourth-order valence-electron chi connectivity index (χ4n) is 2.48. The molecule has 3 rings (SSSR count). The van der Waals surface area contributed by atoms with Crippen molar-refractivity contribution in [3.63, 3.8) is 0 Å². The zero-order chi connectivity index (χ0) is 17.0. The summed E-state index contributed by atoms with van der Waals surface area (Å²) in [5.41, 5.74) is 0. The van der Waals surface area contributed by atoms with Gasteiger partial charge in [-0.15, -0.1) is 0 Å². The van der Waals surface area contributed by atoms with Crippen LogP contribution in [-0.4, -0.2) is 8.42 Å². The van der Waals surface area contributed by atoms with Crippen LogP contribution in [0.2, 0.25) is 0 Å². The Morgan fingerprint density at radius 2 is 0.875 bits per heavy atom. The normalized spacial score (nSPS) is 12.7. The summed E-state index contributed by atoms with van der Waals surface area (Å²) < 4.78 is 41.9. The molecule has 6 heteroatoms. The van der Waals surface area contributed by atoms with Gasteiger partial charge < -0.3 is 0 Å². The van der Waals surface area contributed by atoms with Crippen molar-refractivity contribution in [3.8, 4) is 0 Å². The van der Waals surface area contributed by atoms with E-state index in [1.807, 2.05) is 18.2 Å². The van der Waals surface area contributed by atoms with E-state index in [2.05, 4.69) is 0 Å². The summed E-state index contributed by atoms with van der Waals surface area (Å²) in [5, 5.41) is 0. The molecule has 0 aliphatic heterocycles. The fourth-order valence-corrected chi connectivity index (χ4v) is 6.84. The highest BCUT2D eigenvalue weighted by molar-refractivity contribution is 8.32. The van der Waals surface area contributed by atoms with Gasteiger partial charge in [0.05, 0.1) is 0 Å². The molecule has 0 radical (unpaired) electrons. The second-order valence-electron chi connectivity index (χ2n) is 4.96. The smallest absolute Gasteiger partial charge is 0.181 e. The Kier molecular flexibility index (Phi) is 4.71. The van der Waals surface area contributed by atoms with Crippen molar-refractivity contribution >= 4 is 20.8 Å². The van der Waals surface area contributed by atoms with Crippen molar-refractivity contribution in [2.45, 2.75) is 14.7 Å². The Hall–Kier alpha value is -2.15. The molecule has 0 aromatic heterocycles. The zero-order valence-electron chi connectivity index (χ0n) is 12.6. The molecule has 0 bridgehead atoms. The molecule has 24 heavy (non-hydrogen) atoms. The molecular formula is C18H15FO3S2. The van der Waals surface area contributed by atoms with Crippen LogP contribution in [0.1, 0.15) is 0 Å². The Bertz CT molecular complexity index is 802. The van der Waals surface area contributed by atoms with Gasteiger partial charge in [-0.3, -0.25) is 0 Å². The van der Waals surface area contributed by atoms with E-state index in [4.69, 9.17) is 3.63 Å². The van der Waals surface area contributed by atoms with Gasteiger partial charge in [-0.05, 0) is 46.7 Å². The third-order valence-corrected chi connectivity index (χ3v) is 7.68. The van der Waals surface area contributed by atoms with Gasteiger partial charge >= 0.3 is 10.5 Å². The van der Waals surface area contributed by atoms with E-state index in [-0.39, 0.29) is 0 Å². The molecule has 0 aliphatic carbocycles. The van der Waals surface area contributed by atoms with Gasteiger partial charge in [-0.1, -0.05) is 58.5 Å². The molecule has 0 N–H and O–H groups in total. The van der Waals surface area contributed by atoms with Crippen LogP contribution in [0.3, 0.4) is 0 Å². The lowest BCUT2D eigenvalue weighted by atomic mass is 10.4. The number of hydrogen-bond donors (Lipinski definition) is 0. The van der Waals surface area contributed by atoms with E-state index in [1.165, 1.54) is 0 Å². The molecule has 0 spiro atoms. The SMILES string of the molecule is O=S(=O)(F)OS(c1ccccc1)(c1ccccc1)c1ccccc1. The van der Waals surface area contributed by atoms with E-state index >= 15 is 0 Å². The van der Waals surface area contributed by atoms with Crippen LogP contribution in [-0.2, 0) is 14.1 Å². The van der Waals surface area contributed by atoms with Gasteiger partial charge in [0.1, 0.15) is 0 Å². The van der Waals surface area contributed by atoms with Gasteiger partial charge in [0.2, 0.25) is 0 Å². The molecule has 0 heterocycles. The maximum Gasteiger partial charge on any atom is 0.447 e. The van der Waals surface area contributed by atoms with Crippen molar-refractivity contribution in [2.24, 2.45) is 0 Å². The Morgan fingerprint density at radius 1 is 0.583 bits per heavy atom.